The molecule has 128 valence electrons. The van der Waals surface area contributed by atoms with Crippen molar-refractivity contribution in [3.63, 3.8) is 0 Å². The number of nitrogens with zero attached hydrogens (tertiary/aromatic N) is 3. The highest BCUT2D eigenvalue weighted by atomic mass is 32.1. The van der Waals surface area contributed by atoms with Gasteiger partial charge in [-0.05, 0) is 12.8 Å². The maximum Gasteiger partial charge on any atom is 0.233 e. The maximum absolute atomic E-state index is 12.3. The molecular formula is C16H20N4O3S. The molecule has 1 fully saturated rings. The van der Waals surface area contributed by atoms with E-state index in [9.17, 15) is 14.4 Å². The Morgan fingerprint density at radius 2 is 1.88 bits per heavy atom. The van der Waals surface area contributed by atoms with Crippen molar-refractivity contribution in [3.8, 4) is 0 Å². The molecule has 24 heavy (non-hydrogen) atoms. The largest absolute Gasteiger partial charge is 0.300 e. The predicted molar refractivity (Wildman–Crippen MR) is 89.3 cm³/mol. The number of allylic oxidation sites excluding steroid dienone is 2. The lowest BCUT2D eigenvalue weighted by molar-refractivity contribution is -0.140. The molecule has 0 bridgehead atoms. The molecule has 8 heteroatoms. The molecule has 0 aromatic carbocycles. The van der Waals surface area contributed by atoms with Crippen LogP contribution in [0.5, 0.6) is 0 Å². The Labute approximate surface area is 144 Å². The van der Waals surface area contributed by atoms with Gasteiger partial charge >= 0.3 is 0 Å². The van der Waals surface area contributed by atoms with Crippen LogP contribution in [0.25, 0.3) is 0 Å². The highest BCUT2D eigenvalue weighted by Gasteiger charge is 2.46. The first-order valence-corrected chi connectivity index (χ1v) is 8.92. The average molecular weight is 348 g/mol. The normalized spacial score (nSPS) is 23.0. The molecule has 0 radical (unpaired) electrons. The molecule has 1 aromatic rings. The van der Waals surface area contributed by atoms with Gasteiger partial charge in [0.25, 0.3) is 0 Å². The summed E-state index contributed by atoms with van der Waals surface area (Å²) in [6.45, 7) is 4.13. The first-order valence-electron chi connectivity index (χ1n) is 8.11. The van der Waals surface area contributed by atoms with Gasteiger partial charge in [0, 0.05) is 18.9 Å². The topological polar surface area (TPSA) is 92.3 Å². The summed E-state index contributed by atoms with van der Waals surface area (Å²) in [5.41, 5.74) is 0. The Morgan fingerprint density at radius 1 is 1.25 bits per heavy atom. The van der Waals surface area contributed by atoms with E-state index in [1.807, 2.05) is 26.0 Å². The van der Waals surface area contributed by atoms with Crippen molar-refractivity contribution in [3.05, 3.63) is 17.2 Å². The van der Waals surface area contributed by atoms with Crippen LogP contribution < -0.4 is 5.32 Å². The minimum absolute atomic E-state index is 0.0704. The van der Waals surface area contributed by atoms with Gasteiger partial charge in [-0.2, -0.15) is 0 Å². The SMILES string of the molecule is CC(C)c1nnc(NC(=O)CCN2C(=O)C3CC=CCC3C2=O)s1. The van der Waals surface area contributed by atoms with Crippen molar-refractivity contribution < 1.29 is 14.4 Å². The molecule has 1 aromatic heterocycles. The summed E-state index contributed by atoms with van der Waals surface area (Å²) in [4.78, 5) is 37.9. The van der Waals surface area contributed by atoms with Crippen LogP contribution >= 0.6 is 11.3 Å². The van der Waals surface area contributed by atoms with Gasteiger partial charge in [-0.3, -0.25) is 19.3 Å². The molecule has 0 saturated carbocycles. The van der Waals surface area contributed by atoms with Crippen molar-refractivity contribution in [1.29, 1.82) is 0 Å². The highest BCUT2D eigenvalue weighted by molar-refractivity contribution is 7.15. The predicted octanol–water partition coefficient (Wildman–Crippen LogP) is 1.94. The average Bonchev–Trinajstić information content (AvgIpc) is 3.11. The Hall–Kier alpha value is -2.09. The number of hydrogen-bond donors (Lipinski definition) is 1. The number of likely N-dealkylation sites (tertiary alicyclic amines) is 1. The van der Waals surface area contributed by atoms with Gasteiger partial charge in [0.05, 0.1) is 11.8 Å². The number of anilines is 1. The molecule has 2 atom stereocenters. The molecule has 1 saturated heterocycles. The van der Waals surface area contributed by atoms with Gasteiger partial charge in [-0.25, -0.2) is 0 Å². The third kappa shape index (κ3) is 3.24. The monoisotopic (exact) mass is 348 g/mol. The van der Waals surface area contributed by atoms with E-state index in [4.69, 9.17) is 0 Å². The number of carbonyl (C=O) groups is 3. The van der Waals surface area contributed by atoms with Crippen LogP contribution in [0.15, 0.2) is 12.2 Å². The van der Waals surface area contributed by atoms with Gasteiger partial charge < -0.3 is 5.32 Å². The summed E-state index contributed by atoms with van der Waals surface area (Å²) in [6, 6.07) is 0. The minimum Gasteiger partial charge on any atom is -0.300 e. The van der Waals surface area contributed by atoms with Gasteiger partial charge in [-0.1, -0.05) is 37.3 Å². The van der Waals surface area contributed by atoms with E-state index in [-0.39, 0.29) is 48.4 Å². The van der Waals surface area contributed by atoms with E-state index in [1.165, 1.54) is 16.2 Å². The fourth-order valence-corrected chi connectivity index (χ4v) is 3.76. The van der Waals surface area contributed by atoms with Crippen molar-refractivity contribution in [2.45, 2.75) is 39.0 Å². The third-order valence-corrected chi connectivity index (χ3v) is 5.48. The van der Waals surface area contributed by atoms with Crippen molar-refractivity contribution in [2.75, 3.05) is 11.9 Å². The first kappa shape index (κ1) is 16.8. The molecule has 2 aliphatic rings. The maximum atomic E-state index is 12.3. The Balaban J connectivity index is 1.54. The summed E-state index contributed by atoms with van der Waals surface area (Å²) in [5, 5.41) is 11.9. The number of nitrogens with one attached hydrogen (secondary N) is 1. The molecule has 1 aliphatic carbocycles. The summed E-state index contributed by atoms with van der Waals surface area (Å²) in [7, 11) is 0. The Bertz CT molecular complexity index is 671. The molecular weight excluding hydrogens is 328 g/mol. The molecule has 0 spiro atoms. The van der Waals surface area contributed by atoms with Crippen LogP contribution in [0.2, 0.25) is 0 Å². The zero-order valence-corrected chi connectivity index (χ0v) is 14.5. The minimum atomic E-state index is -0.268. The molecule has 2 unspecified atom stereocenters. The molecule has 3 rings (SSSR count). The Kier molecular flexibility index (Phi) is 4.75. The van der Waals surface area contributed by atoms with Crippen molar-refractivity contribution >= 4 is 34.2 Å². The fraction of sp³-hybridized carbons (Fsp3) is 0.562. The molecule has 2 heterocycles. The third-order valence-electron chi connectivity index (χ3n) is 4.34. The van der Waals surface area contributed by atoms with Crippen LogP contribution in [0.1, 0.15) is 44.0 Å². The number of fused-ring (bicyclic) bond motifs is 1. The van der Waals surface area contributed by atoms with Crippen LogP contribution in [0.3, 0.4) is 0 Å². The standard InChI is InChI=1S/C16H20N4O3S/c1-9(2)13-18-19-16(24-13)17-12(21)7-8-20-14(22)10-5-3-4-6-11(10)15(20)23/h3-4,9-11H,5-8H2,1-2H3,(H,17,19,21). The zero-order valence-electron chi connectivity index (χ0n) is 13.7. The number of hydrogen-bond acceptors (Lipinski definition) is 6. The van der Waals surface area contributed by atoms with Gasteiger partial charge in [0.1, 0.15) is 5.01 Å². The smallest absolute Gasteiger partial charge is 0.233 e. The molecule has 1 N–H and O–H groups in total. The zero-order chi connectivity index (χ0) is 17.3. The van der Waals surface area contributed by atoms with E-state index in [2.05, 4.69) is 15.5 Å². The molecule has 7 nitrogen and oxygen atoms in total. The van der Waals surface area contributed by atoms with Gasteiger partial charge in [-0.15, -0.1) is 10.2 Å². The summed E-state index contributed by atoms with van der Waals surface area (Å²) in [5.74, 6) is -0.815. The van der Waals surface area contributed by atoms with E-state index < -0.39 is 0 Å². The lowest BCUT2D eigenvalue weighted by Crippen LogP contribution is -2.34. The molecule has 3 amide bonds. The highest BCUT2D eigenvalue weighted by Crippen LogP contribution is 2.35. The van der Waals surface area contributed by atoms with Crippen LogP contribution in [-0.4, -0.2) is 39.4 Å². The molecule has 1 aliphatic heterocycles. The number of amides is 3. The first-order chi connectivity index (χ1) is 11.5. The second-order valence-electron chi connectivity index (χ2n) is 6.38. The van der Waals surface area contributed by atoms with Crippen LogP contribution in [0.4, 0.5) is 5.13 Å². The van der Waals surface area contributed by atoms with E-state index in [0.717, 1.165) is 5.01 Å². The van der Waals surface area contributed by atoms with E-state index >= 15 is 0 Å². The summed E-state index contributed by atoms with van der Waals surface area (Å²) >= 11 is 1.33. The lowest BCUT2D eigenvalue weighted by Gasteiger charge is -2.14. The van der Waals surface area contributed by atoms with E-state index in [0.29, 0.717) is 18.0 Å². The van der Waals surface area contributed by atoms with Crippen molar-refractivity contribution in [2.24, 2.45) is 11.8 Å². The van der Waals surface area contributed by atoms with Gasteiger partial charge in [0.15, 0.2) is 0 Å². The van der Waals surface area contributed by atoms with E-state index in [1.54, 1.807) is 0 Å². The number of carbonyl (C=O) groups excluding carboxylic acids is 3. The quantitative estimate of drug-likeness (QED) is 0.648. The van der Waals surface area contributed by atoms with Gasteiger partial charge in [0.2, 0.25) is 22.9 Å². The lowest BCUT2D eigenvalue weighted by atomic mass is 9.85. The number of imide groups is 1. The Morgan fingerprint density at radius 3 is 2.42 bits per heavy atom. The van der Waals surface area contributed by atoms with Crippen LogP contribution in [-0.2, 0) is 14.4 Å². The fourth-order valence-electron chi connectivity index (χ4n) is 3.00. The second-order valence-corrected chi connectivity index (χ2v) is 7.39. The number of aromatic nitrogens is 2. The summed E-state index contributed by atoms with van der Waals surface area (Å²) < 4.78 is 0. The second kappa shape index (κ2) is 6.80. The van der Waals surface area contributed by atoms with Crippen molar-refractivity contribution in [1.82, 2.24) is 15.1 Å². The number of rotatable bonds is 5. The summed E-state index contributed by atoms with van der Waals surface area (Å²) in [6.07, 6.45) is 5.19. The van der Waals surface area contributed by atoms with Crippen LogP contribution in [0, 0.1) is 11.8 Å².